The summed E-state index contributed by atoms with van der Waals surface area (Å²) < 4.78 is 17.0. The second-order valence-electron chi connectivity index (χ2n) is 11.0. The van der Waals surface area contributed by atoms with Gasteiger partial charge < -0.3 is 19.1 Å². The van der Waals surface area contributed by atoms with Crippen LogP contribution in [0.15, 0.2) is 41.4 Å². The van der Waals surface area contributed by atoms with E-state index in [2.05, 4.69) is 34.7 Å². The highest BCUT2D eigenvalue weighted by Gasteiger charge is 2.20. The zero-order chi connectivity index (χ0) is 28.5. The normalized spacial score (nSPS) is 16.4. The Kier molecular flexibility index (Phi) is 11.4. The second kappa shape index (κ2) is 14.9. The number of anilines is 1. The van der Waals surface area contributed by atoms with Crippen LogP contribution in [0.25, 0.3) is 0 Å². The third-order valence-electron chi connectivity index (χ3n) is 7.35. The quantitative estimate of drug-likeness (QED) is 0.149. The summed E-state index contributed by atoms with van der Waals surface area (Å²) in [5.41, 5.74) is 3.04. The average molecular weight is 591 g/mol. The van der Waals surface area contributed by atoms with E-state index in [0.717, 1.165) is 75.5 Å². The van der Waals surface area contributed by atoms with Crippen LogP contribution in [0.1, 0.15) is 52.0 Å². The lowest BCUT2D eigenvalue weighted by atomic mass is 9.99. The van der Waals surface area contributed by atoms with Gasteiger partial charge in [0.2, 0.25) is 6.79 Å². The van der Waals surface area contributed by atoms with E-state index in [1.807, 2.05) is 37.3 Å². The van der Waals surface area contributed by atoms with E-state index in [9.17, 15) is 4.79 Å². The van der Waals surface area contributed by atoms with Crippen molar-refractivity contribution in [2.24, 2.45) is 16.8 Å². The minimum absolute atomic E-state index is 0.102. The Hall–Kier alpha value is -2.48. The first-order valence-corrected chi connectivity index (χ1v) is 15.1. The number of unbranched alkanes of at least 4 members (excludes halogenated alkanes) is 1. The maximum Gasteiger partial charge on any atom is 0.311 e. The summed E-state index contributed by atoms with van der Waals surface area (Å²) in [7, 11) is 0. The Morgan fingerprint density at radius 2 is 1.80 bits per heavy atom. The summed E-state index contributed by atoms with van der Waals surface area (Å²) in [6.45, 7) is 11.6. The van der Waals surface area contributed by atoms with Crippen molar-refractivity contribution in [3.05, 3.63) is 52.0 Å². The number of fused-ring (bicyclic) bond motifs is 1. The van der Waals surface area contributed by atoms with Crippen molar-refractivity contribution in [1.29, 1.82) is 0 Å². The lowest BCUT2D eigenvalue weighted by Gasteiger charge is -2.36. The summed E-state index contributed by atoms with van der Waals surface area (Å²) in [6, 6.07) is 11.9. The number of aliphatic imine (C=N–C) groups is 1. The van der Waals surface area contributed by atoms with Gasteiger partial charge in [-0.25, -0.2) is 4.99 Å². The molecule has 7 nitrogen and oxygen atoms in total. The highest BCUT2D eigenvalue weighted by Crippen LogP contribution is 2.33. The van der Waals surface area contributed by atoms with Crippen molar-refractivity contribution in [1.82, 2.24) is 4.90 Å². The number of carbonyl (C=O) groups is 1. The molecule has 0 saturated carbocycles. The van der Waals surface area contributed by atoms with Gasteiger partial charge >= 0.3 is 5.97 Å². The Morgan fingerprint density at radius 1 is 1.00 bits per heavy atom. The molecule has 4 rings (SSSR count). The van der Waals surface area contributed by atoms with Crippen LogP contribution in [0.2, 0.25) is 10.0 Å². The molecule has 0 N–H and O–H groups in total. The lowest BCUT2D eigenvalue weighted by molar-refractivity contribution is -0.155. The summed E-state index contributed by atoms with van der Waals surface area (Å²) in [4.78, 5) is 21.6. The van der Waals surface area contributed by atoms with E-state index in [1.54, 1.807) is 0 Å². The molecule has 2 aromatic rings. The van der Waals surface area contributed by atoms with Crippen LogP contribution in [0, 0.1) is 11.8 Å². The van der Waals surface area contributed by atoms with E-state index in [0.29, 0.717) is 34.9 Å². The Labute approximate surface area is 248 Å². The fraction of sp³-hybridized carbons (Fsp3) is 0.548. The van der Waals surface area contributed by atoms with E-state index < -0.39 is 0 Å². The molecule has 0 aliphatic carbocycles. The predicted molar refractivity (Wildman–Crippen MR) is 162 cm³/mol. The largest absolute Gasteiger partial charge is 0.494 e. The first-order valence-electron chi connectivity index (χ1n) is 14.3. The Balaban J connectivity index is 1.14. The number of carbonyl (C=O) groups excluding carboxylic acids is 1. The fourth-order valence-corrected chi connectivity index (χ4v) is 5.58. The van der Waals surface area contributed by atoms with Crippen molar-refractivity contribution in [2.45, 2.75) is 52.9 Å². The molecule has 1 saturated heterocycles. The number of piperazine rings is 1. The molecule has 1 atom stereocenters. The average Bonchev–Trinajstić information content (AvgIpc) is 2.94. The molecule has 2 aliphatic rings. The molecule has 0 aromatic heterocycles. The van der Waals surface area contributed by atoms with Crippen molar-refractivity contribution < 1.29 is 19.0 Å². The monoisotopic (exact) mass is 589 g/mol. The molecule has 40 heavy (non-hydrogen) atoms. The number of hydrogen-bond donors (Lipinski definition) is 0. The Bertz CT molecular complexity index is 1170. The predicted octanol–water partition coefficient (Wildman–Crippen LogP) is 7.15. The minimum atomic E-state index is -0.231. The van der Waals surface area contributed by atoms with Crippen molar-refractivity contribution in [3.8, 4) is 5.75 Å². The molecule has 0 spiro atoms. The van der Waals surface area contributed by atoms with Gasteiger partial charge in [0, 0.05) is 38.7 Å². The molecule has 0 amide bonds. The van der Waals surface area contributed by atoms with Gasteiger partial charge in [-0.3, -0.25) is 9.69 Å². The standard InChI is InChI=1S/C31H41Cl2N3O4/c1-22(2)19-23(3)31(37)40-21-39-29-12-10-24-9-11-25(20-27(24)34-29)38-18-5-4-13-35-14-16-36(17-15-35)28-8-6-7-26(32)30(28)33/h6-9,11,20,22-23H,4-5,10,12-19,21H2,1-3H3. The second-order valence-corrected chi connectivity index (χ2v) is 11.8. The number of rotatable bonds is 12. The molecule has 2 aromatic carbocycles. The van der Waals surface area contributed by atoms with Gasteiger partial charge in [-0.05, 0) is 61.9 Å². The molecule has 2 heterocycles. The first kappa shape index (κ1) is 30.5. The minimum Gasteiger partial charge on any atom is -0.494 e. The molecule has 1 fully saturated rings. The number of hydrogen-bond acceptors (Lipinski definition) is 7. The molecule has 1 unspecified atom stereocenters. The smallest absolute Gasteiger partial charge is 0.311 e. The fourth-order valence-electron chi connectivity index (χ4n) is 5.16. The van der Waals surface area contributed by atoms with Gasteiger partial charge in [0.05, 0.1) is 33.9 Å². The topological polar surface area (TPSA) is 63.6 Å². The summed E-state index contributed by atoms with van der Waals surface area (Å²) in [6.07, 6.45) is 4.38. The van der Waals surface area contributed by atoms with Gasteiger partial charge in [-0.1, -0.05) is 56.1 Å². The van der Waals surface area contributed by atoms with E-state index >= 15 is 0 Å². The van der Waals surface area contributed by atoms with Gasteiger partial charge in [-0.15, -0.1) is 0 Å². The van der Waals surface area contributed by atoms with Crippen LogP contribution in [-0.2, 0) is 20.7 Å². The summed E-state index contributed by atoms with van der Waals surface area (Å²) in [5, 5.41) is 1.24. The van der Waals surface area contributed by atoms with E-state index in [4.69, 9.17) is 37.4 Å². The van der Waals surface area contributed by atoms with Crippen LogP contribution in [0.5, 0.6) is 5.75 Å². The third kappa shape index (κ3) is 8.76. The van der Waals surface area contributed by atoms with E-state index in [1.165, 1.54) is 5.56 Å². The number of nitrogens with zero attached hydrogens (tertiary/aromatic N) is 3. The number of halogens is 2. The van der Waals surface area contributed by atoms with Crippen molar-refractivity contribution in [2.75, 3.05) is 51.0 Å². The van der Waals surface area contributed by atoms with Crippen LogP contribution in [0.3, 0.4) is 0 Å². The third-order valence-corrected chi connectivity index (χ3v) is 8.15. The van der Waals surface area contributed by atoms with Gasteiger partial charge in [-0.2, -0.15) is 0 Å². The zero-order valence-corrected chi connectivity index (χ0v) is 25.3. The molecular weight excluding hydrogens is 549 g/mol. The SMILES string of the molecule is CC(C)CC(C)C(=O)OCOC1=Nc2cc(OCCCCN3CCN(c4cccc(Cl)c4Cl)CC3)ccc2CC1. The van der Waals surface area contributed by atoms with Crippen LogP contribution in [0.4, 0.5) is 11.4 Å². The summed E-state index contributed by atoms with van der Waals surface area (Å²) in [5.74, 6) is 1.48. The van der Waals surface area contributed by atoms with Gasteiger partial charge in [0.1, 0.15) is 5.75 Å². The lowest BCUT2D eigenvalue weighted by Crippen LogP contribution is -2.46. The summed E-state index contributed by atoms with van der Waals surface area (Å²) >= 11 is 12.6. The number of ether oxygens (including phenoxy) is 3. The molecule has 9 heteroatoms. The number of esters is 1. The highest BCUT2D eigenvalue weighted by atomic mass is 35.5. The molecular formula is C31H41Cl2N3O4. The molecule has 2 aliphatic heterocycles. The van der Waals surface area contributed by atoms with Gasteiger partial charge in [0.25, 0.3) is 0 Å². The number of benzene rings is 2. The van der Waals surface area contributed by atoms with E-state index in [-0.39, 0.29) is 18.7 Å². The molecule has 0 radical (unpaired) electrons. The van der Waals surface area contributed by atoms with Crippen molar-refractivity contribution in [3.63, 3.8) is 0 Å². The first-order chi connectivity index (χ1) is 19.3. The number of aryl methyl sites for hydroxylation is 1. The van der Waals surface area contributed by atoms with Crippen LogP contribution in [-0.4, -0.2) is 62.9 Å². The maximum absolute atomic E-state index is 12.1. The zero-order valence-electron chi connectivity index (χ0n) is 23.8. The van der Waals surface area contributed by atoms with Gasteiger partial charge in [0.15, 0.2) is 5.90 Å². The van der Waals surface area contributed by atoms with Crippen LogP contribution >= 0.6 is 23.2 Å². The maximum atomic E-state index is 12.1. The van der Waals surface area contributed by atoms with Crippen molar-refractivity contribution >= 4 is 46.4 Å². The Morgan fingerprint density at radius 3 is 2.58 bits per heavy atom. The van der Waals surface area contributed by atoms with Crippen LogP contribution < -0.4 is 9.64 Å². The molecule has 218 valence electrons. The molecule has 0 bridgehead atoms. The highest BCUT2D eigenvalue weighted by molar-refractivity contribution is 6.43.